The maximum Gasteiger partial charge on any atom is 0.118 e. The Kier molecular flexibility index (Phi) is 5.69. The lowest BCUT2D eigenvalue weighted by molar-refractivity contribution is 0.414. The molecule has 0 saturated heterocycles. The van der Waals surface area contributed by atoms with Crippen molar-refractivity contribution >= 4 is 22.7 Å². The number of halogens is 1. The first-order valence-corrected chi connectivity index (χ1v) is 10.4. The molecule has 0 heterocycles. The summed E-state index contributed by atoms with van der Waals surface area (Å²) >= 11 is 6.28. The van der Waals surface area contributed by atoms with E-state index in [1.165, 1.54) is 27.8 Å². The van der Waals surface area contributed by atoms with Crippen molar-refractivity contribution in [1.29, 1.82) is 0 Å². The minimum absolute atomic E-state index is 0.283. The van der Waals surface area contributed by atoms with E-state index < -0.39 is 0 Å². The van der Waals surface area contributed by atoms with Crippen LogP contribution in [0.1, 0.15) is 42.0 Å². The zero-order chi connectivity index (χ0) is 21.3. The molecule has 0 amide bonds. The number of ether oxygens (including phenoxy) is 2. The minimum atomic E-state index is 0.283. The van der Waals surface area contributed by atoms with Gasteiger partial charge in [0.2, 0.25) is 0 Å². The molecule has 4 rings (SSSR count). The maximum absolute atomic E-state index is 6.28. The molecule has 0 spiro atoms. The van der Waals surface area contributed by atoms with Crippen molar-refractivity contribution in [3.8, 4) is 11.5 Å². The van der Waals surface area contributed by atoms with Crippen molar-refractivity contribution in [2.75, 3.05) is 14.2 Å². The third kappa shape index (κ3) is 3.76. The fourth-order valence-electron chi connectivity index (χ4n) is 4.14. The fourth-order valence-corrected chi connectivity index (χ4v) is 4.32. The lowest BCUT2D eigenvalue weighted by Crippen LogP contribution is -1.95. The molecule has 1 aliphatic carbocycles. The average Bonchev–Trinajstić information content (AvgIpc) is 3.01. The Labute approximate surface area is 183 Å². The highest BCUT2D eigenvalue weighted by Crippen LogP contribution is 2.44. The molecule has 0 fully saturated rings. The van der Waals surface area contributed by atoms with E-state index in [1.807, 2.05) is 30.3 Å². The van der Waals surface area contributed by atoms with Crippen LogP contribution in [0.4, 0.5) is 0 Å². The molecule has 1 atom stereocenters. The molecule has 3 aromatic carbocycles. The van der Waals surface area contributed by atoms with Crippen LogP contribution in [0.3, 0.4) is 0 Å². The molecule has 152 valence electrons. The van der Waals surface area contributed by atoms with Gasteiger partial charge in [0.25, 0.3) is 0 Å². The third-order valence-corrected chi connectivity index (χ3v) is 6.12. The molecular weight excluding hydrogens is 392 g/mol. The zero-order valence-corrected chi connectivity index (χ0v) is 18.5. The highest BCUT2D eigenvalue weighted by molar-refractivity contribution is 6.30. The van der Waals surface area contributed by atoms with Crippen LogP contribution in [0.25, 0.3) is 11.1 Å². The van der Waals surface area contributed by atoms with Crippen molar-refractivity contribution in [1.82, 2.24) is 0 Å². The number of fused-ring (bicyclic) bond motifs is 1. The fraction of sp³-hybridized carbons (Fsp3) is 0.185. The van der Waals surface area contributed by atoms with Gasteiger partial charge < -0.3 is 9.47 Å². The summed E-state index contributed by atoms with van der Waals surface area (Å²) in [7, 11) is 3.37. The molecule has 2 nitrogen and oxygen atoms in total. The molecule has 0 N–H and O–H groups in total. The summed E-state index contributed by atoms with van der Waals surface area (Å²) in [5, 5.41) is 0.782. The van der Waals surface area contributed by atoms with Gasteiger partial charge in [0.15, 0.2) is 0 Å². The van der Waals surface area contributed by atoms with Crippen LogP contribution >= 0.6 is 11.6 Å². The van der Waals surface area contributed by atoms with E-state index in [-0.39, 0.29) is 5.92 Å². The number of hydrogen-bond donors (Lipinski definition) is 0. The van der Waals surface area contributed by atoms with Crippen LogP contribution in [0, 0.1) is 0 Å². The second-order valence-corrected chi connectivity index (χ2v) is 7.99. The molecule has 3 aromatic rings. The van der Waals surface area contributed by atoms with Crippen molar-refractivity contribution in [3.05, 3.63) is 106 Å². The van der Waals surface area contributed by atoms with E-state index >= 15 is 0 Å². The Balaban J connectivity index is 1.84. The normalized spacial score (nSPS) is 15.0. The Morgan fingerprint density at radius 1 is 0.833 bits per heavy atom. The lowest BCUT2D eigenvalue weighted by atomic mass is 9.91. The molecular formula is C27H25ClO2. The van der Waals surface area contributed by atoms with Crippen LogP contribution in [-0.2, 0) is 0 Å². The van der Waals surface area contributed by atoms with Crippen LogP contribution in [0.5, 0.6) is 11.5 Å². The molecule has 0 aromatic heterocycles. The summed E-state index contributed by atoms with van der Waals surface area (Å²) < 4.78 is 10.7. The summed E-state index contributed by atoms with van der Waals surface area (Å²) in [5.41, 5.74) is 8.63. The summed E-state index contributed by atoms with van der Waals surface area (Å²) in [6.07, 6.45) is 2.32. The van der Waals surface area contributed by atoms with Crippen molar-refractivity contribution < 1.29 is 9.47 Å². The topological polar surface area (TPSA) is 18.5 Å². The molecule has 0 radical (unpaired) electrons. The highest BCUT2D eigenvalue weighted by Gasteiger charge is 2.25. The highest BCUT2D eigenvalue weighted by atomic mass is 35.5. The molecule has 3 heteroatoms. The van der Waals surface area contributed by atoms with Crippen molar-refractivity contribution in [2.45, 2.75) is 19.8 Å². The van der Waals surface area contributed by atoms with E-state index in [1.54, 1.807) is 14.2 Å². The first kappa shape index (κ1) is 20.3. The molecule has 30 heavy (non-hydrogen) atoms. The summed E-state index contributed by atoms with van der Waals surface area (Å²) in [5.74, 6) is 1.98. The Bertz CT molecular complexity index is 1070. The molecule has 0 saturated carbocycles. The molecule has 0 aliphatic heterocycles. The second-order valence-electron chi connectivity index (χ2n) is 7.55. The van der Waals surface area contributed by atoms with Crippen LogP contribution in [0.15, 0.2) is 78.4 Å². The smallest absolute Gasteiger partial charge is 0.118 e. The van der Waals surface area contributed by atoms with Crippen LogP contribution < -0.4 is 9.47 Å². The third-order valence-electron chi connectivity index (χ3n) is 5.89. The van der Waals surface area contributed by atoms with Gasteiger partial charge in [-0.05, 0) is 88.4 Å². The minimum Gasteiger partial charge on any atom is -0.497 e. The number of hydrogen-bond acceptors (Lipinski definition) is 2. The summed E-state index contributed by atoms with van der Waals surface area (Å²) in [6.45, 7) is 4.44. The van der Waals surface area contributed by atoms with E-state index in [2.05, 4.69) is 56.3 Å². The van der Waals surface area contributed by atoms with Gasteiger partial charge in [0.1, 0.15) is 11.5 Å². The van der Waals surface area contributed by atoms with E-state index in [0.717, 1.165) is 27.6 Å². The molecule has 1 unspecified atom stereocenters. The van der Waals surface area contributed by atoms with E-state index in [9.17, 15) is 0 Å². The van der Waals surface area contributed by atoms with Crippen molar-refractivity contribution in [2.24, 2.45) is 0 Å². The SMILES string of the molecule is COc1ccc(C(=CC2=C(C)c3ccc(Cl)cc3C2C)c2ccc(OC)cc2)cc1. The van der Waals surface area contributed by atoms with Gasteiger partial charge in [-0.3, -0.25) is 0 Å². The number of rotatable bonds is 5. The predicted molar refractivity (Wildman–Crippen MR) is 126 cm³/mol. The summed E-state index contributed by atoms with van der Waals surface area (Å²) in [6, 6.07) is 22.6. The summed E-state index contributed by atoms with van der Waals surface area (Å²) in [4.78, 5) is 0. The van der Waals surface area contributed by atoms with Crippen LogP contribution in [0.2, 0.25) is 5.02 Å². The monoisotopic (exact) mass is 416 g/mol. The molecule has 1 aliphatic rings. The first-order chi connectivity index (χ1) is 14.5. The number of allylic oxidation sites excluding steroid dienone is 3. The zero-order valence-electron chi connectivity index (χ0n) is 17.7. The standard InChI is InChI=1S/C27H25ClO2/c1-17-24-14-9-21(28)15-26(24)18(2)25(17)16-27(19-5-10-22(29-3)11-6-19)20-7-12-23(30-4)13-8-20/h5-16,18H,1-4H3. The Hall–Kier alpha value is -2.97. The van der Waals surface area contributed by atoms with Gasteiger partial charge in [-0.25, -0.2) is 0 Å². The van der Waals surface area contributed by atoms with Gasteiger partial charge in [-0.2, -0.15) is 0 Å². The van der Waals surface area contributed by atoms with Gasteiger partial charge in [-0.1, -0.05) is 48.9 Å². The quantitative estimate of drug-likeness (QED) is 0.432. The number of benzene rings is 3. The Morgan fingerprint density at radius 3 is 1.87 bits per heavy atom. The first-order valence-electron chi connectivity index (χ1n) is 10.0. The average molecular weight is 417 g/mol. The van der Waals surface area contributed by atoms with Gasteiger partial charge in [-0.15, -0.1) is 0 Å². The predicted octanol–water partition coefficient (Wildman–Crippen LogP) is 7.38. The largest absolute Gasteiger partial charge is 0.497 e. The Morgan fingerprint density at radius 2 is 1.37 bits per heavy atom. The van der Waals surface area contributed by atoms with Gasteiger partial charge >= 0.3 is 0 Å². The van der Waals surface area contributed by atoms with Crippen molar-refractivity contribution in [3.63, 3.8) is 0 Å². The lowest BCUT2D eigenvalue weighted by Gasteiger charge is -2.14. The van der Waals surface area contributed by atoms with E-state index in [4.69, 9.17) is 21.1 Å². The van der Waals surface area contributed by atoms with Gasteiger partial charge in [0, 0.05) is 10.9 Å². The number of methoxy groups -OCH3 is 2. The maximum atomic E-state index is 6.28. The second kappa shape index (κ2) is 8.41. The molecule has 0 bridgehead atoms. The van der Waals surface area contributed by atoms with Crippen LogP contribution in [-0.4, -0.2) is 14.2 Å². The van der Waals surface area contributed by atoms with Gasteiger partial charge in [0.05, 0.1) is 14.2 Å². The van der Waals surface area contributed by atoms with E-state index in [0.29, 0.717) is 0 Å².